The molecule has 7 nitrogen and oxygen atoms in total. The minimum atomic E-state index is -4.06. The maximum atomic E-state index is 12.0. The van der Waals surface area contributed by atoms with E-state index in [1.165, 1.54) is 0 Å². The number of ether oxygens (including phenoxy) is 1. The first kappa shape index (κ1) is 12.7. The third-order valence-electron chi connectivity index (χ3n) is 3.13. The van der Waals surface area contributed by atoms with Crippen LogP contribution in [-0.2, 0) is 19.6 Å². The van der Waals surface area contributed by atoms with E-state index in [2.05, 4.69) is 5.32 Å². The largest absolute Gasteiger partial charge is 0.378 e. The van der Waals surface area contributed by atoms with E-state index in [0.29, 0.717) is 26.3 Å². The molecule has 0 aromatic rings. The summed E-state index contributed by atoms with van der Waals surface area (Å²) in [7, 11) is -4.06. The summed E-state index contributed by atoms with van der Waals surface area (Å²) in [5.74, 6) is -0.112. The van der Waals surface area contributed by atoms with Gasteiger partial charge in [0.2, 0.25) is 5.91 Å². The summed E-state index contributed by atoms with van der Waals surface area (Å²) in [6, 6.07) is -0.514. The molecular formula is C9H16N2O5S. The summed E-state index contributed by atoms with van der Waals surface area (Å²) < 4.78 is 35.9. The fourth-order valence-corrected chi connectivity index (χ4v) is 2.86. The number of carbonyl (C=O) groups excluding carboxylic acids is 1. The van der Waals surface area contributed by atoms with Crippen molar-refractivity contribution in [3.05, 3.63) is 0 Å². The van der Waals surface area contributed by atoms with Crippen LogP contribution in [0.15, 0.2) is 0 Å². The van der Waals surface area contributed by atoms with E-state index in [4.69, 9.17) is 9.29 Å². The summed E-state index contributed by atoms with van der Waals surface area (Å²) in [6.07, 6.45) is 0.134. The Hall–Kier alpha value is -0.700. The van der Waals surface area contributed by atoms with Crippen molar-refractivity contribution in [1.29, 1.82) is 0 Å². The van der Waals surface area contributed by atoms with Crippen molar-refractivity contribution in [2.75, 3.05) is 32.8 Å². The molecule has 2 saturated heterocycles. The topological polar surface area (TPSA) is 95.9 Å². The van der Waals surface area contributed by atoms with Crippen molar-refractivity contribution in [2.45, 2.75) is 17.7 Å². The van der Waals surface area contributed by atoms with E-state index in [1.54, 1.807) is 4.90 Å². The standard InChI is InChI=1S/C9H16N2O5S/c12-9(11-1-3-16-4-2-11)8-5-7(6-10-8)17(13,14)15/h7-8,10H,1-6H2,(H,13,14,15)/t7-,8+/m1/s1. The molecule has 0 radical (unpaired) electrons. The van der Waals surface area contributed by atoms with Gasteiger partial charge in [0.1, 0.15) is 5.25 Å². The minimum Gasteiger partial charge on any atom is -0.378 e. The molecule has 0 spiro atoms. The lowest BCUT2D eigenvalue weighted by Crippen LogP contribution is -2.48. The van der Waals surface area contributed by atoms with Gasteiger partial charge in [0.25, 0.3) is 10.1 Å². The quantitative estimate of drug-likeness (QED) is 0.587. The molecule has 98 valence electrons. The maximum absolute atomic E-state index is 12.0. The van der Waals surface area contributed by atoms with Gasteiger partial charge in [0, 0.05) is 19.6 Å². The van der Waals surface area contributed by atoms with Gasteiger partial charge in [-0.05, 0) is 6.42 Å². The second-order valence-corrected chi connectivity index (χ2v) is 5.97. The predicted molar refractivity (Wildman–Crippen MR) is 59.1 cm³/mol. The average molecular weight is 264 g/mol. The highest BCUT2D eigenvalue weighted by molar-refractivity contribution is 7.86. The van der Waals surface area contributed by atoms with Gasteiger partial charge in [0.15, 0.2) is 0 Å². The highest BCUT2D eigenvalue weighted by Crippen LogP contribution is 2.16. The van der Waals surface area contributed by atoms with Crippen molar-refractivity contribution in [3.63, 3.8) is 0 Å². The number of nitrogens with one attached hydrogen (secondary N) is 1. The number of hydrogen-bond donors (Lipinski definition) is 2. The van der Waals surface area contributed by atoms with Crippen molar-refractivity contribution < 1.29 is 22.5 Å². The Bertz CT molecular complexity index is 390. The zero-order valence-corrected chi connectivity index (χ0v) is 10.1. The van der Waals surface area contributed by atoms with Crippen LogP contribution >= 0.6 is 0 Å². The molecule has 2 heterocycles. The summed E-state index contributed by atoms with van der Waals surface area (Å²) >= 11 is 0. The monoisotopic (exact) mass is 264 g/mol. The lowest BCUT2D eigenvalue weighted by atomic mass is 10.2. The van der Waals surface area contributed by atoms with E-state index >= 15 is 0 Å². The summed E-state index contributed by atoms with van der Waals surface area (Å²) in [5, 5.41) is 1.96. The minimum absolute atomic E-state index is 0.112. The Morgan fingerprint density at radius 3 is 2.53 bits per heavy atom. The van der Waals surface area contributed by atoms with Crippen LogP contribution in [0.5, 0.6) is 0 Å². The molecule has 17 heavy (non-hydrogen) atoms. The molecule has 0 unspecified atom stereocenters. The van der Waals surface area contributed by atoms with E-state index < -0.39 is 21.4 Å². The van der Waals surface area contributed by atoms with Crippen molar-refractivity contribution in [1.82, 2.24) is 10.2 Å². The smallest absolute Gasteiger partial charge is 0.269 e. The third kappa shape index (κ3) is 2.95. The van der Waals surface area contributed by atoms with Crippen LogP contribution in [0.1, 0.15) is 6.42 Å². The predicted octanol–water partition coefficient (Wildman–Crippen LogP) is -1.54. The van der Waals surface area contributed by atoms with Crippen LogP contribution in [0.3, 0.4) is 0 Å². The van der Waals surface area contributed by atoms with Crippen molar-refractivity contribution in [2.24, 2.45) is 0 Å². The Morgan fingerprint density at radius 1 is 1.35 bits per heavy atom. The Morgan fingerprint density at radius 2 is 2.00 bits per heavy atom. The molecule has 0 aromatic heterocycles. The van der Waals surface area contributed by atoms with Crippen LogP contribution in [0.4, 0.5) is 0 Å². The lowest BCUT2D eigenvalue weighted by molar-refractivity contribution is -0.137. The van der Waals surface area contributed by atoms with Gasteiger partial charge in [-0.2, -0.15) is 8.42 Å². The van der Waals surface area contributed by atoms with Crippen LogP contribution in [0.2, 0.25) is 0 Å². The fraction of sp³-hybridized carbons (Fsp3) is 0.889. The Kier molecular flexibility index (Phi) is 3.67. The molecule has 2 aliphatic heterocycles. The highest BCUT2D eigenvalue weighted by Gasteiger charge is 2.38. The Balaban J connectivity index is 1.93. The van der Waals surface area contributed by atoms with Gasteiger partial charge in [-0.15, -0.1) is 0 Å². The summed E-state index contributed by atoms with van der Waals surface area (Å²) in [6.45, 7) is 2.22. The molecule has 2 rings (SSSR count). The van der Waals surface area contributed by atoms with Crippen molar-refractivity contribution in [3.8, 4) is 0 Å². The Labute approximate surface area is 99.9 Å². The van der Waals surface area contributed by atoms with Gasteiger partial charge in [0.05, 0.1) is 19.3 Å². The highest BCUT2D eigenvalue weighted by atomic mass is 32.2. The average Bonchev–Trinajstić information content (AvgIpc) is 2.78. The molecule has 0 bridgehead atoms. The van der Waals surface area contributed by atoms with Crippen LogP contribution in [0.25, 0.3) is 0 Å². The van der Waals surface area contributed by atoms with Gasteiger partial charge >= 0.3 is 0 Å². The molecule has 8 heteroatoms. The SMILES string of the molecule is O=C([C@@H]1C[C@@H](S(=O)(=O)O)CN1)N1CCOCC1. The first-order valence-corrected chi connectivity index (χ1v) is 7.05. The second kappa shape index (κ2) is 4.89. The second-order valence-electron chi connectivity index (χ2n) is 4.27. The maximum Gasteiger partial charge on any atom is 0.269 e. The summed E-state index contributed by atoms with van der Waals surface area (Å²) in [5.41, 5.74) is 0. The number of carbonyl (C=O) groups is 1. The molecule has 0 saturated carbocycles. The first-order chi connectivity index (χ1) is 7.98. The molecule has 2 aliphatic rings. The third-order valence-corrected chi connectivity index (χ3v) is 4.33. The van der Waals surface area contributed by atoms with E-state index in [0.717, 1.165) is 0 Å². The number of amides is 1. The molecular weight excluding hydrogens is 248 g/mol. The van der Waals surface area contributed by atoms with Gasteiger partial charge in [-0.3, -0.25) is 9.35 Å². The van der Waals surface area contributed by atoms with Gasteiger partial charge in [-0.1, -0.05) is 0 Å². The molecule has 2 fully saturated rings. The molecule has 0 aromatic carbocycles. The molecule has 2 N–H and O–H groups in total. The van der Waals surface area contributed by atoms with Crippen molar-refractivity contribution >= 4 is 16.0 Å². The van der Waals surface area contributed by atoms with Crippen LogP contribution in [0, 0.1) is 0 Å². The molecule has 0 aliphatic carbocycles. The number of morpholine rings is 1. The van der Waals surface area contributed by atoms with E-state index in [9.17, 15) is 13.2 Å². The van der Waals surface area contributed by atoms with E-state index in [-0.39, 0.29) is 18.9 Å². The summed E-state index contributed by atoms with van der Waals surface area (Å²) in [4.78, 5) is 13.7. The zero-order chi connectivity index (χ0) is 12.5. The zero-order valence-electron chi connectivity index (χ0n) is 9.33. The number of rotatable bonds is 2. The first-order valence-electron chi connectivity index (χ1n) is 5.54. The van der Waals surface area contributed by atoms with Crippen LogP contribution in [-0.4, -0.2) is 67.9 Å². The number of nitrogens with zero attached hydrogens (tertiary/aromatic N) is 1. The van der Waals surface area contributed by atoms with Crippen LogP contribution < -0.4 is 5.32 Å². The molecule has 2 atom stereocenters. The molecule has 1 amide bonds. The number of hydrogen-bond acceptors (Lipinski definition) is 5. The lowest BCUT2D eigenvalue weighted by Gasteiger charge is -2.29. The fourth-order valence-electron chi connectivity index (χ4n) is 2.12. The van der Waals surface area contributed by atoms with E-state index in [1.807, 2.05) is 0 Å². The van der Waals surface area contributed by atoms with Gasteiger partial charge in [-0.25, -0.2) is 0 Å². The normalized spacial score (nSPS) is 30.5. The van der Waals surface area contributed by atoms with Gasteiger partial charge < -0.3 is 15.0 Å².